The fourth-order valence-corrected chi connectivity index (χ4v) is 2.88. The van der Waals surface area contributed by atoms with Gasteiger partial charge >= 0.3 is 6.09 Å². The van der Waals surface area contributed by atoms with Crippen molar-refractivity contribution in [1.29, 1.82) is 0 Å². The first-order valence-corrected chi connectivity index (χ1v) is 8.61. The average Bonchev–Trinajstić information content (AvgIpc) is 3.24. The lowest BCUT2D eigenvalue weighted by Gasteiger charge is -2.31. The van der Waals surface area contributed by atoms with Crippen LogP contribution in [0.15, 0.2) is 88.7 Å². The third-order valence-electron chi connectivity index (χ3n) is 4.17. The van der Waals surface area contributed by atoms with Crippen LogP contribution in [0.25, 0.3) is 0 Å². The van der Waals surface area contributed by atoms with E-state index >= 15 is 0 Å². The molecule has 1 aliphatic rings. The number of anilines is 1. The van der Waals surface area contributed by atoms with Gasteiger partial charge in [-0.1, -0.05) is 48.5 Å². The zero-order valence-corrected chi connectivity index (χ0v) is 14.4. The maximum Gasteiger partial charge on any atom is 0.412 e. The molecule has 1 aromatic heterocycles. The summed E-state index contributed by atoms with van der Waals surface area (Å²) in [6.45, 7) is 0.294. The summed E-state index contributed by atoms with van der Waals surface area (Å²) in [4.78, 5) is 16.7. The highest BCUT2D eigenvalue weighted by atomic mass is 16.6. The van der Waals surface area contributed by atoms with Crippen molar-refractivity contribution in [2.24, 2.45) is 4.99 Å². The maximum atomic E-state index is 12.3. The van der Waals surface area contributed by atoms with Gasteiger partial charge in [0.05, 0.1) is 18.4 Å². The van der Waals surface area contributed by atoms with Gasteiger partial charge in [-0.15, -0.1) is 0 Å². The largest absolute Gasteiger partial charge is 0.472 e. The molecule has 0 spiro atoms. The highest BCUT2D eigenvalue weighted by Crippen LogP contribution is 2.29. The Bertz CT molecular complexity index is 908. The van der Waals surface area contributed by atoms with Crippen LogP contribution in [-0.4, -0.2) is 24.6 Å². The molecule has 0 aliphatic carbocycles. The molecule has 6 nitrogen and oxygen atoms in total. The molecule has 2 unspecified atom stereocenters. The van der Waals surface area contributed by atoms with Gasteiger partial charge in [-0.2, -0.15) is 0 Å². The Morgan fingerprint density at radius 1 is 1.04 bits per heavy atom. The molecular weight excluding hydrogens is 344 g/mol. The lowest BCUT2D eigenvalue weighted by atomic mass is 10.0. The molecule has 1 N–H and O–H groups in total. The summed E-state index contributed by atoms with van der Waals surface area (Å²) in [5.41, 5.74) is 2.33. The van der Waals surface area contributed by atoms with Gasteiger partial charge in [-0.3, -0.25) is 5.32 Å². The van der Waals surface area contributed by atoms with E-state index in [9.17, 15) is 4.79 Å². The molecule has 2 aromatic carbocycles. The van der Waals surface area contributed by atoms with Crippen LogP contribution in [0.2, 0.25) is 0 Å². The van der Waals surface area contributed by atoms with Crippen molar-refractivity contribution in [3.8, 4) is 0 Å². The second-order valence-electron chi connectivity index (χ2n) is 6.04. The molecule has 0 fully saturated rings. The lowest BCUT2D eigenvalue weighted by Crippen LogP contribution is -2.36. The zero-order valence-electron chi connectivity index (χ0n) is 14.4. The summed E-state index contributed by atoms with van der Waals surface area (Å²) in [7, 11) is 0. The summed E-state index contributed by atoms with van der Waals surface area (Å²) in [6.07, 6.45) is 1.58. The van der Waals surface area contributed by atoms with Gasteiger partial charge in [0.1, 0.15) is 6.26 Å². The van der Waals surface area contributed by atoms with Crippen LogP contribution in [-0.2, 0) is 9.47 Å². The Hall–Kier alpha value is -3.54. The Balaban J connectivity index is 1.53. The number of carbonyl (C=O) groups excluding carboxylic acids is 1. The SMILES string of the molecule is O=C(Nc1ccccc1)OC1CN=C(c2ccoc2)OC1c1ccccc1. The van der Waals surface area contributed by atoms with Crippen LogP contribution in [0.3, 0.4) is 0 Å². The summed E-state index contributed by atoms with van der Waals surface area (Å²) in [6, 6.07) is 20.6. The number of amides is 1. The Morgan fingerprint density at radius 3 is 2.48 bits per heavy atom. The van der Waals surface area contributed by atoms with Crippen molar-refractivity contribution >= 4 is 17.7 Å². The van der Waals surface area contributed by atoms with Gasteiger partial charge in [0.15, 0.2) is 12.2 Å². The number of nitrogens with zero attached hydrogens (tertiary/aromatic N) is 1. The van der Waals surface area contributed by atoms with Crippen molar-refractivity contribution in [3.05, 3.63) is 90.4 Å². The summed E-state index contributed by atoms with van der Waals surface area (Å²) >= 11 is 0. The zero-order chi connectivity index (χ0) is 18.5. The van der Waals surface area contributed by atoms with E-state index in [1.165, 1.54) is 0 Å². The monoisotopic (exact) mass is 362 g/mol. The molecule has 27 heavy (non-hydrogen) atoms. The highest BCUT2D eigenvalue weighted by molar-refractivity contribution is 5.94. The van der Waals surface area contributed by atoms with Gasteiger partial charge in [-0.05, 0) is 23.8 Å². The summed E-state index contributed by atoms with van der Waals surface area (Å²) in [5, 5.41) is 2.72. The highest BCUT2D eigenvalue weighted by Gasteiger charge is 2.33. The fourth-order valence-electron chi connectivity index (χ4n) is 2.88. The molecule has 6 heteroatoms. The number of carbonyl (C=O) groups is 1. The normalized spacial score (nSPS) is 18.9. The van der Waals surface area contributed by atoms with Crippen molar-refractivity contribution < 1.29 is 18.7 Å². The van der Waals surface area contributed by atoms with E-state index in [0.29, 0.717) is 18.1 Å². The second-order valence-corrected chi connectivity index (χ2v) is 6.04. The molecule has 1 aliphatic heterocycles. The number of rotatable bonds is 4. The van der Waals surface area contributed by atoms with Gasteiger partial charge in [0, 0.05) is 5.69 Å². The molecule has 3 aromatic rings. The first kappa shape index (κ1) is 16.9. The van der Waals surface area contributed by atoms with Crippen LogP contribution in [0.5, 0.6) is 0 Å². The molecule has 1 amide bonds. The van der Waals surface area contributed by atoms with E-state index < -0.39 is 18.3 Å². The standard InChI is InChI=1S/C21H18N2O4/c24-21(23-17-9-5-2-6-10-17)26-18-13-22-20(16-11-12-25-14-16)27-19(18)15-7-3-1-4-8-15/h1-12,14,18-19H,13H2,(H,23,24). The van der Waals surface area contributed by atoms with Crippen LogP contribution < -0.4 is 5.32 Å². The van der Waals surface area contributed by atoms with Crippen LogP contribution in [0.1, 0.15) is 17.2 Å². The van der Waals surface area contributed by atoms with Crippen LogP contribution in [0.4, 0.5) is 10.5 Å². The third kappa shape index (κ3) is 4.00. The van der Waals surface area contributed by atoms with Crippen LogP contribution >= 0.6 is 0 Å². The minimum absolute atomic E-state index is 0.294. The maximum absolute atomic E-state index is 12.3. The predicted octanol–water partition coefficient (Wildman–Crippen LogP) is 4.42. The minimum Gasteiger partial charge on any atom is -0.472 e. The van der Waals surface area contributed by atoms with E-state index in [1.54, 1.807) is 30.7 Å². The minimum atomic E-state index is -0.549. The number of nitrogens with one attached hydrogen (secondary N) is 1. The molecular formula is C21H18N2O4. The number of ether oxygens (including phenoxy) is 2. The van der Waals surface area contributed by atoms with Crippen molar-refractivity contribution in [2.75, 3.05) is 11.9 Å². The van der Waals surface area contributed by atoms with E-state index in [4.69, 9.17) is 13.9 Å². The molecule has 4 rings (SSSR count). The average molecular weight is 362 g/mol. The molecule has 2 atom stereocenters. The number of hydrogen-bond donors (Lipinski definition) is 1. The van der Waals surface area contributed by atoms with Crippen molar-refractivity contribution in [3.63, 3.8) is 0 Å². The molecule has 0 saturated heterocycles. The number of furan rings is 1. The van der Waals surface area contributed by atoms with Gasteiger partial charge in [0.25, 0.3) is 0 Å². The first-order valence-electron chi connectivity index (χ1n) is 8.61. The van der Waals surface area contributed by atoms with E-state index in [1.807, 2.05) is 48.5 Å². The van der Waals surface area contributed by atoms with Gasteiger partial charge in [-0.25, -0.2) is 9.79 Å². The van der Waals surface area contributed by atoms with Crippen LogP contribution in [0, 0.1) is 0 Å². The Morgan fingerprint density at radius 2 is 1.78 bits per heavy atom. The topological polar surface area (TPSA) is 73.1 Å². The smallest absolute Gasteiger partial charge is 0.412 e. The predicted molar refractivity (Wildman–Crippen MR) is 101 cm³/mol. The number of benzene rings is 2. The number of para-hydroxylation sites is 1. The molecule has 0 saturated carbocycles. The number of hydrogen-bond acceptors (Lipinski definition) is 5. The Labute approximate surface area is 156 Å². The summed E-state index contributed by atoms with van der Waals surface area (Å²) in [5.74, 6) is 0.473. The summed E-state index contributed by atoms with van der Waals surface area (Å²) < 4.78 is 16.8. The van der Waals surface area contributed by atoms with E-state index in [2.05, 4.69) is 10.3 Å². The van der Waals surface area contributed by atoms with Gasteiger partial charge < -0.3 is 13.9 Å². The van der Waals surface area contributed by atoms with E-state index in [-0.39, 0.29) is 0 Å². The van der Waals surface area contributed by atoms with E-state index in [0.717, 1.165) is 11.1 Å². The quantitative estimate of drug-likeness (QED) is 0.746. The molecule has 0 radical (unpaired) electrons. The van der Waals surface area contributed by atoms with Crippen molar-refractivity contribution in [2.45, 2.75) is 12.2 Å². The van der Waals surface area contributed by atoms with Crippen molar-refractivity contribution in [1.82, 2.24) is 0 Å². The molecule has 2 heterocycles. The third-order valence-corrected chi connectivity index (χ3v) is 4.17. The number of aliphatic imine (C=N–C) groups is 1. The Kier molecular flexibility index (Phi) is 4.87. The molecule has 0 bridgehead atoms. The lowest BCUT2D eigenvalue weighted by molar-refractivity contribution is 0.00993. The van der Waals surface area contributed by atoms with Gasteiger partial charge in [0.2, 0.25) is 5.90 Å². The fraction of sp³-hybridized carbons (Fsp3) is 0.143. The second kappa shape index (κ2) is 7.78. The first-order chi connectivity index (χ1) is 13.3. The molecule has 136 valence electrons.